The van der Waals surface area contributed by atoms with Crippen molar-refractivity contribution < 1.29 is 9.53 Å². The van der Waals surface area contributed by atoms with Crippen LogP contribution in [0.5, 0.6) is 5.75 Å². The summed E-state index contributed by atoms with van der Waals surface area (Å²) < 4.78 is 6.72. The van der Waals surface area contributed by atoms with Crippen LogP contribution in [0.4, 0.5) is 0 Å². The molecule has 0 aliphatic heterocycles. The molecule has 1 amide bonds. The van der Waals surface area contributed by atoms with Gasteiger partial charge in [-0.1, -0.05) is 23.9 Å². The van der Waals surface area contributed by atoms with Crippen LogP contribution in [0.2, 0.25) is 0 Å². The fourth-order valence-corrected chi connectivity index (χ4v) is 4.58. The van der Waals surface area contributed by atoms with E-state index in [1.807, 2.05) is 25.1 Å². The van der Waals surface area contributed by atoms with E-state index in [1.54, 1.807) is 67.1 Å². The van der Waals surface area contributed by atoms with Crippen LogP contribution >= 0.6 is 23.1 Å². The van der Waals surface area contributed by atoms with Gasteiger partial charge in [-0.05, 0) is 55.5 Å². The highest BCUT2D eigenvalue weighted by Crippen LogP contribution is 2.22. The van der Waals surface area contributed by atoms with Gasteiger partial charge in [-0.3, -0.25) is 14.2 Å². The maximum Gasteiger partial charge on any atom is 0.266 e. The van der Waals surface area contributed by atoms with E-state index in [-0.39, 0.29) is 17.2 Å². The Hall–Kier alpha value is -3.43. The second-order valence-electron chi connectivity index (χ2n) is 6.78. The molecular weight excluding hydrogens is 444 g/mol. The number of methoxy groups -OCH3 is 1. The molecule has 9 heteroatoms. The van der Waals surface area contributed by atoms with E-state index in [9.17, 15) is 9.59 Å². The summed E-state index contributed by atoms with van der Waals surface area (Å²) in [7, 11) is 1.58. The van der Waals surface area contributed by atoms with Crippen LogP contribution in [0.1, 0.15) is 9.75 Å². The minimum Gasteiger partial charge on any atom is -0.497 e. The largest absolute Gasteiger partial charge is 0.497 e. The number of ether oxygens (including phenoxy) is 1. The first kappa shape index (κ1) is 21.8. The summed E-state index contributed by atoms with van der Waals surface area (Å²) in [5, 5.41) is 4.93. The van der Waals surface area contributed by atoms with Crippen LogP contribution in [-0.2, 0) is 4.79 Å². The molecule has 0 unspecified atom stereocenters. The van der Waals surface area contributed by atoms with Crippen LogP contribution in [0.15, 0.2) is 75.7 Å². The topological polar surface area (TPSA) is 85.6 Å². The number of nitrogens with zero attached hydrogens (tertiary/aromatic N) is 3. The average molecular weight is 465 g/mol. The fourth-order valence-electron chi connectivity index (χ4n) is 3.02. The molecule has 4 rings (SSSR count). The van der Waals surface area contributed by atoms with Crippen molar-refractivity contribution in [1.29, 1.82) is 0 Å². The molecule has 0 atom stereocenters. The van der Waals surface area contributed by atoms with Crippen LogP contribution in [-0.4, -0.2) is 34.5 Å². The predicted octanol–water partition coefficient (Wildman–Crippen LogP) is 4.01. The Morgan fingerprint density at radius 2 is 1.97 bits per heavy atom. The molecule has 4 aromatic rings. The molecule has 0 saturated carbocycles. The number of para-hydroxylation sites is 1. The number of aryl methyl sites for hydroxylation is 1. The van der Waals surface area contributed by atoms with Crippen LogP contribution < -0.4 is 15.7 Å². The number of hydrogen-bond donors (Lipinski definition) is 1. The average Bonchev–Trinajstić information content (AvgIpc) is 3.23. The van der Waals surface area contributed by atoms with E-state index in [1.165, 1.54) is 21.2 Å². The van der Waals surface area contributed by atoms with Gasteiger partial charge < -0.3 is 4.74 Å². The monoisotopic (exact) mass is 464 g/mol. The molecule has 2 heterocycles. The zero-order chi connectivity index (χ0) is 22.5. The number of fused-ring (bicyclic) bond motifs is 1. The minimum atomic E-state index is -0.289. The van der Waals surface area contributed by atoms with Gasteiger partial charge in [-0.2, -0.15) is 5.10 Å². The summed E-state index contributed by atoms with van der Waals surface area (Å²) in [6.45, 7) is 2.01. The van der Waals surface area contributed by atoms with E-state index in [0.29, 0.717) is 27.5 Å². The maximum absolute atomic E-state index is 13.2. The quantitative estimate of drug-likeness (QED) is 0.193. The Bertz CT molecular complexity index is 1340. The number of carbonyl (C=O) groups is 1. The molecule has 162 valence electrons. The number of hydrazone groups is 1. The Balaban J connectivity index is 1.58. The van der Waals surface area contributed by atoms with E-state index >= 15 is 0 Å². The number of rotatable bonds is 7. The number of amides is 1. The first-order valence-corrected chi connectivity index (χ1v) is 11.5. The predicted molar refractivity (Wildman–Crippen MR) is 129 cm³/mol. The highest BCUT2D eigenvalue weighted by molar-refractivity contribution is 7.99. The molecule has 2 aromatic carbocycles. The summed E-state index contributed by atoms with van der Waals surface area (Å²) in [4.78, 5) is 32.3. The Morgan fingerprint density at radius 1 is 1.19 bits per heavy atom. The SMILES string of the molecule is COc1ccc(-n2c(SCC(=O)NN=Cc3ccc(C)s3)nc3ccccc3c2=O)cc1. The molecule has 0 radical (unpaired) electrons. The highest BCUT2D eigenvalue weighted by atomic mass is 32.2. The van der Waals surface area contributed by atoms with Gasteiger partial charge >= 0.3 is 0 Å². The molecule has 0 fully saturated rings. The summed E-state index contributed by atoms with van der Waals surface area (Å²) in [6, 6.07) is 18.2. The Morgan fingerprint density at radius 3 is 2.69 bits per heavy atom. The van der Waals surface area contributed by atoms with Crippen LogP contribution in [0.3, 0.4) is 0 Å². The molecule has 1 N–H and O–H groups in total. The van der Waals surface area contributed by atoms with Gasteiger partial charge in [0, 0.05) is 9.75 Å². The number of carbonyl (C=O) groups excluding carboxylic acids is 1. The first-order chi connectivity index (χ1) is 15.5. The van der Waals surface area contributed by atoms with Crippen molar-refractivity contribution in [3.05, 3.63) is 80.8 Å². The molecular formula is C23H20N4O3S2. The van der Waals surface area contributed by atoms with Gasteiger partial charge in [-0.15, -0.1) is 11.3 Å². The summed E-state index contributed by atoms with van der Waals surface area (Å²) in [5.74, 6) is 0.452. The summed E-state index contributed by atoms with van der Waals surface area (Å²) in [6.07, 6.45) is 1.61. The van der Waals surface area contributed by atoms with Gasteiger partial charge in [0.1, 0.15) is 5.75 Å². The zero-order valence-corrected chi connectivity index (χ0v) is 19.1. The number of benzene rings is 2. The molecule has 0 spiro atoms. The van der Waals surface area contributed by atoms with E-state index in [0.717, 1.165) is 4.88 Å². The summed E-state index contributed by atoms with van der Waals surface area (Å²) in [5.41, 5.74) is 3.54. The lowest BCUT2D eigenvalue weighted by atomic mass is 10.2. The smallest absolute Gasteiger partial charge is 0.266 e. The van der Waals surface area contributed by atoms with Crippen molar-refractivity contribution in [1.82, 2.24) is 15.0 Å². The fraction of sp³-hybridized carbons (Fsp3) is 0.130. The molecule has 7 nitrogen and oxygen atoms in total. The molecule has 2 aromatic heterocycles. The number of aromatic nitrogens is 2. The molecule has 0 aliphatic rings. The summed E-state index contributed by atoms with van der Waals surface area (Å²) >= 11 is 2.77. The molecule has 32 heavy (non-hydrogen) atoms. The van der Waals surface area contributed by atoms with Gasteiger partial charge in [-0.25, -0.2) is 10.4 Å². The second kappa shape index (κ2) is 9.80. The van der Waals surface area contributed by atoms with Gasteiger partial charge in [0.25, 0.3) is 11.5 Å². The number of thiophene rings is 1. The zero-order valence-electron chi connectivity index (χ0n) is 17.4. The Kier molecular flexibility index (Phi) is 6.67. The maximum atomic E-state index is 13.2. The Labute approximate surface area is 192 Å². The van der Waals surface area contributed by atoms with Gasteiger partial charge in [0.05, 0.1) is 35.7 Å². The molecule has 0 saturated heterocycles. The van der Waals surface area contributed by atoms with Gasteiger partial charge in [0.15, 0.2) is 5.16 Å². The lowest BCUT2D eigenvalue weighted by Gasteiger charge is -2.13. The normalized spacial score (nSPS) is 11.2. The van der Waals surface area contributed by atoms with Crippen LogP contribution in [0, 0.1) is 6.92 Å². The third-order valence-electron chi connectivity index (χ3n) is 4.55. The molecule has 0 aliphatic carbocycles. The van der Waals surface area contributed by atoms with Crippen molar-refractivity contribution in [2.75, 3.05) is 12.9 Å². The minimum absolute atomic E-state index is 0.0573. The van der Waals surface area contributed by atoms with Crippen molar-refractivity contribution in [3.8, 4) is 11.4 Å². The first-order valence-electron chi connectivity index (χ1n) is 9.72. The third kappa shape index (κ3) is 4.90. The van der Waals surface area contributed by atoms with Gasteiger partial charge in [0.2, 0.25) is 0 Å². The standard InChI is InChI=1S/C23H20N4O3S2/c1-15-7-12-18(32-15)13-24-26-21(28)14-31-23-25-20-6-4-3-5-19(20)22(29)27(23)16-8-10-17(30-2)11-9-16/h3-13H,14H2,1-2H3,(H,26,28). The number of hydrogen-bond acceptors (Lipinski definition) is 7. The highest BCUT2D eigenvalue weighted by Gasteiger charge is 2.15. The van der Waals surface area contributed by atoms with E-state index in [2.05, 4.69) is 15.5 Å². The lowest BCUT2D eigenvalue weighted by molar-refractivity contribution is -0.118. The second-order valence-corrected chi connectivity index (χ2v) is 9.04. The van der Waals surface area contributed by atoms with Crippen molar-refractivity contribution in [3.63, 3.8) is 0 Å². The van der Waals surface area contributed by atoms with Crippen molar-refractivity contribution in [2.45, 2.75) is 12.1 Å². The van der Waals surface area contributed by atoms with Crippen molar-refractivity contribution >= 4 is 46.1 Å². The molecule has 0 bridgehead atoms. The van der Waals surface area contributed by atoms with E-state index < -0.39 is 0 Å². The van der Waals surface area contributed by atoms with Crippen molar-refractivity contribution in [2.24, 2.45) is 5.10 Å². The third-order valence-corrected chi connectivity index (χ3v) is 6.42. The van der Waals surface area contributed by atoms with E-state index in [4.69, 9.17) is 4.74 Å². The lowest BCUT2D eigenvalue weighted by Crippen LogP contribution is -2.24. The van der Waals surface area contributed by atoms with Crippen LogP contribution in [0.25, 0.3) is 16.6 Å². The number of nitrogens with one attached hydrogen (secondary N) is 1. The number of thioether (sulfide) groups is 1.